The van der Waals surface area contributed by atoms with Crippen LogP contribution in [0.3, 0.4) is 0 Å². The Labute approximate surface area is 137 Å². The van der Waals surface area contributed by atoms with Gasteiger partial charge in [0.25, 0.3) is 5.91 Å². The zero-order valence-electron chi connectivity index (χ0n) is 12.9. The zero-order valence-corrected chi connectivity index (χ0v) is 12.9. The van der Waals surface area contributed by atoms with Crippen LogP contribution in [0.4, 0.5) is 0 Å². The highest BCUT2D eigenvalue weighted by molar-refractivity contribution is 5.94. The Morgan fingerprint density at radius 3 is 2.12 bits per heavy atom. The summed E-state index contributed by atoms with van der Waals surface area (Å²) in [6, 6.07) is -1.15. The minimum absolute atomic E-state index is 0.0593. The highest BCUT2D eigenvalue weighted by Crippen LogP contribution is 2.12. The SMILES string of the molecule is NC(=O)CC[C@H](N)C(=O)NOC(=O)C(CCCCC(=O)O)C(=O)O. The van der Waals surface area contributed by atoms with Gasteiger partial charge in [0.15, 0.2) is 5.92 Å². The Balaban J connectivity index is 4.31. The topological polar surface area (TPSA) is 199 Å². The molecule has 0 saturated heterocycles. The molecule has 0 aromatic carbocycles. The maximum absolute atomic E-state index is 11.7. The van der Waals surface area contributed by atoms with Crippen molar-refractivity contribution in [3.63, 3.8) is 0 Å². The molecule has 0 aromatic heterocycles. The molecule has 0 aliphatic heterocycles. The van der Waals surface area contributed by atoms with E-state index >= 15 is 0 Å². The Kier molecular flexibility index (Phi) is 9.71. The molecule has 0 aromatic rings. The van der Waals surface area contributed by atoms with Crippen molar-refractivity contribution >= 4 is 29.7 Å². The Morgan fingerprint density at radius 2 is 1.62 bits per heavy atom. The number of hydroxylamine groups is 1. The summed E-state index contributed by atoms with van der Waals surface area (Å²) in [7, 11) is 0. The summed E-state index contributed by atoms with van der Waals surface area (Å²) in [6.07, 6.45) is -0.0841. The fraction of sp³-hybridized carbons (Fsp3) is 0.615. The molecule has 0 aliphatic rings. The molecule has 0 aliphatic carbocycles. The molecule has 0 fully saturated rings. The van der Waals surface area contributed by atoms with Gasteiger partial charge in [0.05, 0.1) is 6.04 Å². The fourth-order valence-electron chi connectivity index (χ4n) is 1.64. The summed E-state index contributed by atoms with van der Waals surface area (Å²) < 4.78 is 0. The number of carboxylic acids is 2. The molecule has 136 valence electrons. The van der Waals surface area contributed by atoms with E-state index in [2.05, 4.69) is 4.84 Å². The molecule has 0 rings (SSSR count). The van der Waals surface area contributed by atoms with Crippen LogP contribution in [0.25, 0.3) is 0 Å². The molecule has 0 spiro atoms. The maximum atomic E-state index is 11.7. The van der Waals surface area contributed by atoms with E-state index < -0.39 is 41.7 Å². The fourth-order valence-corrected chi connectivity index (χ4v) is 1.64. The van der Waals surface area contributed by atoms with Crippen molar-refractivity contribution in [3.05, 3.63) is 0 Å². The van der Waals surface area contributed by atoms with E-state index in [1.165, 1.54) is 0 Å². The average molecular weight is 347 g/mol. The number of unbranched alkanes of at least 4 members (excludes halogenated alkanes) is 1. The van der Waals surface area contributed by atoms with E-state index in [1.54, 1.807) is 5.48 Å². The summed E-state index contributed by atoms with van der Waals surface area (Å²) in [4.78, 5) is 59.5. The molecule has 11 nitrogen and oxygen atoms in total. The van der Waals surface area contributed by atoms with Gasteiger partial charge in [-0.15, -0.1) is 0 Å². The standard InChI is InChI=1S/C13H21N3O8/c14-8(5-6-9(15)17)11(20)16-24-13(23)7(12(21)22)3-1-2-4-10(18)19/h7-8H,1-6,14H2,(H2,15,17)(H,16,20)(H,18,19)(H,21,22)/t7?,8-/m0/s1. The zero-order chi connectivity index (χ0) is 18.7. The second kappa shape index (κ2) is 10.9. The van der Waals surface area contributed by atoms with E-state index in [-0.39, 0.29) is 38.5 Å². The minimum Gasteiger partial charge on any atom is -0.481 e. The smallest absolute Gasteiger partial charge is 0.346 e. The van der Waals surface area contributed by atoms with E-state index in [0.29, 0.717) is 0 Å². The summed E-state index contributed by atoms with van der Waals surface area (Å²) >= 11 is 0. The van der Waals surface area contributed by atoms with Crippen LogP contribution in [0.2, 0.25) is 0 Å². The molecule has 1 unspecified atom stereocenters. The molecular formula is C13H21N3O8. The van der Waals surface area contributed by atoms with Crippen molar-refractivity contribution in [1.29, 1.82) is 0 Å². The first kappa shape index (κ1) is 21.3. The van der Waals surface area contributed by atoms with Crippen molar-refractivity contribution in [2.24, 2.45) is 17.4 Å². The summed E-state index contributed by atoms with van der Waals surface area (Å²) in [5.41, 5.74) is 12.1. The first-order chi connectivity index (χ1) is 11.1. The van der Waals surface area contributed by atoms with Crippen molar-refractivity contribution in [2.45, 2.75) is 44.6 Å². The second-order valence-electron chi connectivity index (χ2n) is 5.03. The third-order valence-electron chi connectivity index (χ3n) is 3.01. The normalized spacial score (nSPS) is 12.7. The average Bonchev–Trinajstić information content (AvgIpc) is 2.48. The van der Waals surface area contributed by atoms with Gasteiger partial charge >= 0.3 is 17.9 Å². The van der Waals surface area contributed by atoms with E-state index in [1.807, 2.05) is 0 Å². The van der Waals surface area contributed by atoms with Gasteiger partial charge in [-0.05, 0) is 19.3 Å². The van der Waals surface area contributed by atoms with E-state index in [9.17, 15) is 24.0 Å². The molecule has 0 saturated carbocycles. The van der Waals surface area contributed by atoms with Crippen LogP contribution >= 0.6 is 0 Å². The van der Waals surface area contributed by atoms with Crippen LogP contribution in [0, 0.1) is 5.92 Å². The van der Waals surface area contributed by atoms with E-state index in [0.717, 1.165) is 0 Å². The second-order valence-corrected chi connectivity index (χ2v) is 5.03. The number of hydrogen-bond donors (Lipinski definition) is 5. The summed E-state index contributed by atoms with van der Waals surface area (Å²) in [5.74, 6) is -6.78. The van der Waals surface area contributed by atoms with Crippen LogP contribution in [0.1, 0.15) is 38.5 Å². The van der Waals surface area contributed by atoms with Gasteiger partial charge in [0, 0.05) is 12.8 Å². The van der Waals surface area contributed by atoms with Gasteiger partial charge in [0.1, 0.15) is 0 Å². The van der Waals surface area contributed by atoms with E-state index in [4.69, 9.17) is 21.7 Å². The summed E-state index contributed by atoms with van der Waals surface area (Å²) in [6.45, 7) is 0. The molecule has 11 heteroatoms. The van der Waals surface area contributed by atoms with Gasteiger partial charge in [-0.1, -0.05) is 6.42 Å². The number of primary amides is 1. The van der Waals surface area contributed by atoms with Gasteiger partial charge in [0.2, 0.25) is 5.91 Å². The molecule has 0 radical (unpaired) electrons. The minimum atomic E-state index is -1.54. The van der Waals surface area contributed by atoms with Crippen LogP contribution in [0.15, 0.2) is 0 Å². The highest BCUT2D eigenvalue weighted by Gasteiger charge is 2.29. The predicted molar refractivity (Wildman–Crippen MR) is 77.9 cm³/mol. The molecular weight excluding hydrogens is 326 g/mol. The van der Waals surface area contributed by atoms with Crippen LogP contribution in [-0.2, 0) is 28.8 Å². The highest BCUT2D eigenvalue weighted by atomic mass is 16.7. The van der Waals surface area contributed by atoms with Gasteiger partial charge in [-0.2, -0.15) is 5.48 Å². The third-order valence-corrected chi connectivity index (χ3v) is 3.01. The lowest BCUT2D eigenvalue weighted by atomic mass is 10.0. The molecule has 2 amide bonds. The first-order valence-corrected chi connectivity index (χ1v) is 7.14. The van der Waals surface area contributed by atoms with Crippen molar-refractivity contribution in [2.75, 3.05) is 0 Å². The molecule has 0 heterocycles. The number of nitrogens with two attached hydrogens (primary N) is 2. The number of carbonyl (C=O) groups excluding carboxylic acids is 3. The molecule has 24 heavy (non-hydrogen) atoms. The number of aliphatic carboxylic acids is 2. The van der Waals surface area contributed by atoms with Crippen molar-refractivity contribution in [3.8, 4) is 0 Å². The number of amides is 2. The maximum Gasteiger partial charge on any atom is 0.346 e. The largest absolute Gasteiger partial charge is 0.481 e. The number of hydrogen-bond acceptors (Lipinski definition) is 7. The lowest BCUT2D eigenvalue weighted by Gasteiger charge is -2.14. The van der Waals surface area contributed by atoms with Crippen LogP contribution < -0.4 is 16.9 Å². The van der Waals surface area contributed by atoms with Gasteiger partial charge < -0.3 is 26.5 Å². The number of rotatable bonds is 11. The summed E-state index contributed by atoms with van der Waals surface area (Å²) in [5, 5.41) is 17.4. The third kappa shape index (κ3) is 9.35. The monoisotopic (exact) mass is 347 g/mol. The van der Waals surface area contributed by atoms with Gasteiger partial charge in [-0.3, -0.25) is 19.2 Å². The van der Waals surface area contributed by atoms with Crippen LogP contribution in [0.5, 0.6) is 0 Å². The van der Waals surface area contributed by atoms with Crippen molar-refractivity contribution in [1.82, 2.24) is 5.48 Å². The predicted octanol–water partition coefficient (Wildman–Crippen LogP) is -1.50. The lowest BCUT2D eigenvalue weighted by Crippen LogP contribution is -2.43. The Bertz CT molecular complexity index is 494. The first-order valence-electron chi connectivity index (χ1n) is 7.14. The molecule has 2 atom stereocenters. The van der Waals surface area contributed by atoms with Gasteiger partial charge in [-0.25, -0.2) is 4.79 Å². The Hall–Kier alpha value is -2.69. The number of nitrogens with one attached hydrogen (secondary N) is 1. The molecule has 7 N–H and O–H groups in total. The molecule has 0 bridgehead atoms. The van der Waals surface area contributed by atoms with Crippen LogP contribution in [-0.4, -0.2) is 46.0 Å². The number of carboxylic acid groups (broad SMARTS) is 2. The van der Waals surface area contributed by atoms with Crippen molar-refractivity contribution < 1.29 is 39.0 Å². The Morgan fingerprint density at radius 1 is 1.00 bits per heavy atom. The number of carbonyl (C=O) groups is 5. The lowest BCUT2D eigenvalue weighted by molar-refractivity contribution is -0.168. The quantitative estimate of drug-likeness (QED) is 0.167.